The average Bonchev–Trinajstić information content (AvgIpc) is 2.56. The van der Waals surface area contributed by atoms with Crippen molar-refractivity contribution >= 4 is 20.0 Å². The first-order valence-corrected chi connectivity index (χ1v) is 11.1. The number of benzene rings is 1. The lowest BCUT2D eigenvalue weighted by atomic mass is 10.1. The zero-order valence-electron chi connectivity index (χ0n) is 14.0. The maximum atomic E-state index is 12.6. The molecule has 1 aliphatic rings. The zero-order chi connectivity index (χ0) is 17.8. The van der Waals surface area contributed by atoms with Gasteiger partial charge in [0.25, 0.3) is 0 Å². The highest BCUT2D eigenvalue weighted by Gasteiger charge is 2.26. The molecular formula is C15H25N3O4S2. The fourth-order valence-corrected chi connectivity index (χ4v) is 5.65. The maximum Gasteiger partial charge on any atom is 0.243 e. The van der Waals surface area contributed by atoms with Crippen LogP contribution < -0.4 is 10.0 Å². The third-order valence-corrected chi connectivity index (χ3v) is 7.64. The van der Waals surface area contributed by atoms with Gasteiger partial charge in [0.15, 0.2) is 0 Å². The molecule has 0 aliphatic carbocycles. The molecule has 0 aromatic heterocycles. The Hall–Kier alpha value is -1.00. The van der Waals surface area contributed by atoms with Crippen molar-refractivity contribution in [2.45, 2.75) is 42.5 Å². The number of nitrogens with one attached hydrogen (secondary N) is 2. The van der Waals surface area contributed by atoms with E-state index in [4.69, 9.17) is 0 Å². The van der Waals surface area contributed by atoms with Crippen LogP contribution in [0.15, 0.2) is 34.1 Å². The van der Waals surface area contributed by atoms with E-state index in [1.807, 2.05) is 0 Å². The molecule has 7 nitrogen and oxygen atoms in total. The number of piperidine rings is 1. The van der Waals surface area contributed by atoms with Crippen molar-refractivity contribution in [3.8, 4) is 0 Å². The molecule has 1 fully saturated rings. The molecule has 1 aliphatic heterocycles. The Bertz CT molecular complexity index is 753. The number of nitrogens with zero attached hydrogens (tertiary/aromatic N) is 1. The summed E-state index contributed by atoms with van der Waals surface area (Å²) in [5.74, 6) is 0. The van der Waals surface area contributed by atoms with Gasteiger partial charge in [0.1, 0.15) is 0 Å². The highest BCUT2D eigenvalue weighted by Crippen LogP contribution is 2.20. The Balaban J connectivity index is 2.29. The summed E-state index contributed by atoms with van der Waals surface area (Å²) in [5.41, 5.74) is 0. The van der Waals surface area contributed by atoms with Crippen LogP contribution in [0.25, 0.3) is 0 Å². The predicted molar refractivity (Wildman–Crippen MR) is 92.8 cm³/mol. The molecule has 2 N–H and O–H groups in total. The summed E-state index contributed by atoms with van der Waals surface area (Å²) in [5, 5.41) is 3.15. The van der Waals surface area contributed by atoms with E-state index in [1.54, 1.807) is 13.8 Å². The molecule has 0 spiro atoms. The Morgan fingerprint density at radius 3 is 2.42 bits per heavy atom. The van der Waals surface area contributed by atoms with Crippen LogP contribution in [0.4, 0.5) is 0 Å². The third-order valence-electron chi connectivity index (χ3n) is 4.08. The molecule has 24 heavy (non-hydrogen) atoms. The van der Waals surface area contributed by atoms with E-state index in [0.29, 0.717) is 19.6 Å². The molecule has 1 unspecified atom stereocenters. The van der Waals surface area contributed by atoms with Gasteiger partial charge < -0.3 is 5.32 Å². The van der Waals surface area contributed by atoms with E-state index in [9.17, 15) is 16.8 Å². The topological polar surface area (TPSA) is 95.6 Å². The average molecular weight is 376 g/mol. The quantitative estimate of drug-likeness (QED) is 0.733. The number of rotatable bonds is 7. The van der Waals surface area contributed by atoms with E-state index in [0.717, 1.165) is 19.4 Å². The van der Waals surface area contributed by atoms with Gasteiger partial charge in [-0.1, -0.05) is 19.9 Å². The van der Waals surface area contributed by atoms with Gasteiger partial charge in [-0.25, -0.2) is 21.6 Å². The summed E-state index contributed by atoms with van der Waals surface area (Å²) in [6, 6.07) is 5.36. The van der Waals surface area contributed by atoms with Crippen molar-refractivity contribution in [3.63, 3.8) is 0 Å². The summed E-state index contributed by atoms with van der Waals surface area (Å²) < 4.78 is 54.2. The van der Waals surface area contributed by atoms with Gasteiger partial charge in [-0.3, -0.25) is 0 Å². The van der Waals surface area contributed by atoms with Crippen LogP contribution in [0.1, 0.15) is 26.7 Å². The van der Waals surface area contributed by atoms with Gasteiger partial charge in [-0.05, 0) is 37.6 Å². The molecular weight excluding hydrogens is 350 g/mol. The summed E-state index contributed by atoms with van der Waals surface area (Å²) >= 11 is 0. The van der Waals surface area contributed by atoms with E-state index in [-0.39, 0.29) is 15.8 Å². The minimum Gasteiger partial charge on any atom is -0.315 e. The summed E-state index contributed by atoms with van der Waals surface area (Å²) in [7, 11) is -7.44. The van der Waals surface area contributed by atoms with E-state index < -0.39 is 20.0 Å². The molecule has 1 atom stereocenters. The standard InChI is InChI=1S/C15H25N3O4S2/c1-3-18(4-2)24(21,22)15-9-5-8-14(11-15)23(19,20)17-13-7-6-10-16-12-13/h5,8-9,11,13,16-17H,3-4,6-7,10,12H2,1-2H3. The Morgan fingerprint density at radius 1 is 1.17 bits per heavy atom. The molecule has 1 saturated heterocycles. The van der Waals surface area contributed by atoms with E-state index in [1.165, 1.54) is 28.6 Å². The summed E-state index contributed by atoms with van der Waals surface area (Å²) in [6.45, 7) is 5.63. The van der Waals surface area contributed by atoms with Crippen molar-refractivity contribution in [3.05, 3.63) is 24.3 Å². The molecule has 1 heterocycles. The predicted octanol–water partition coefficient (Wildman–Crippen LogP) is 0.747. The first-order valence-electron chi connectivity index (χ1n) is 8.14. The monoisotopic (exact) mass is 375 g/mol. The van der Waals surface area contributed by atoms with Gasteiger partial charge in [0, 0.05) is 25.7 Å². The molecule has 0 bridgehead atoms. The second-order valence-electron chi connectivity index (χ2n) is 5.73. The second kappa shape index (κ2) is 7.92. The summed E-state index contributed by atoms with van der Waals surface area (Å²) in [4.78, 5) is -0.0304. The fraction of sp³-hybridized carbons (Fsp3) is 0.600. The molecule has 1 aromatic rings. The largest absolute Gasteiger partial charge is 0.315 e. The first kappa shape index (κ1) is 19.3. The third kappa shape index (κ3) is 4.34. The molecule has 0 radical (unpaired) electrons. The fourth-order valence-electron chi connectivity index (χ4n) is 2.75. The van der Waals surface area contributed by atoms with E-state index >= 15 is 0 Å². The zero-order valence-corrected chi connectivity index (χ0v) is 15.7. The van der Waals surface area contributed by atoms with Gasteiger partial charge >= 0.3 is 0 Å². The molecule has 136 valence electrons. The Morgan fingerprint density at radius 2 is 1.83 bits per heavy atom. The Kier molecular flexibility index (Phi) is 6.38. The smallest absolute Gasteiger partial charge is 0.243 e. The normalized spacial score (nSPS) is 19.5. The molecule has 9 heteroatoms. The molecule has 0 amide bonds. The van der Waals surface area contributed by atoms with Crippen LogP contribution in [-0.4, -0.2) is 53.4 Å². The lowest BCUT2D eigenvalue weighted by Gasteiger charge is -2.24. The number of hydrogen-bond acceptors (Lipinski definition) is 5. The SMILES string of the molecule is CCN(CC)S(=O)(=O)c1cccc(S(=O)(=O)NC2CCCNC2)c1. The second-order valence-corrected chi connectivity index (χ2v) is 9.38. The van der Waals surface area contributed by atoms with Crippen LogP contribution in [0, 0.1) is 0 Å². The lowest BCUT2D eigenvalue weighted by molar-refractivity contribution is 0.428. The molecule has 1 aromatic carbocycles. The van der Waals surface area contributed by atoms with Crippen molar-refractivity contribution in [2.24, 2.45) is 0 Å². The van der Waals surface area contributed by atoms with Gasteiger partial charge in [0.2, 0.25) is 20.0 Å². The Labute approximate surface area is 144 Å². The highest BCUT2D eigenvalue weighted by atomic mass is 32.2. The molecule has 0 saturated carbocycles. The number of sulfonamides is 2. The van der Waals surface area contributed by atoms with Gasteiger partial charge in [-0.15, -0.1) is 0 Å². The van der Waals surface area contributed by atoms with Crippen LogP contribution in [0.5, 0.6) is 0 Å². The van der Waals surface area contributed by atoms with Crippen LogP contribution in [-0.2, 0) is 20.0 Å². The van der Waals surface area contributed by atoms with Crippen molar-refractivity contribution in [1.82, 2.24) is 14.3 Å². The highest BCUT2D eigenvalue weighted by molar-refractivity contribution is 7.90. The van der Waals surface area contributed by atoms with Gasteiger partial charge in [0.05, 0.1) is 9.79 Å². The lowest BCUT2D eigenvalue weighted by Crippen LogP contribution is -2.45. The van der Waals surface area contributed by atoms with Crippen molar-refractivity contribution in [1.29, 1.82) is 0 Å². The van der Waals surface area contributed by atoms with Crippen LogP contribution >= 0.6 is 0 Å². The minimum atomic E-state index is -3.75. The summed E-state index contributed by atoms with van der Waals surface area (Å²) in [6.07, 6.45) is 1.67. The number of hydrogen-bond donors (Lipinski definition) is 2. The maximum absolute atomic E-state index is 12.6. The van der Waals surface area contributed by atoms with Crippen LogP contribution in [0.2, 0.25) is 0 Å². The van der Waals surface area contributed by atoms with E-state index in [2.05, 4.69) is 10.0 Å². The van der Waals surface area contributed by atoms with Crippen molar-refractivity contribution in [2.75, 3.05) is 26.2 Å². The molecule has 2 rings (SSSR count). The van der Waals surface area contributed by atoms with Crippen LogP contribution in [0.3, 0.4) is 0 Å². The van der Waals surface area contributed by atoms with Gasteiger partial charge in [-0.2, -0.15) is 4.31 Å². The van der Waals surface area contributed by atoms with Crippen molar-refractivity contribution < 1.29 is 16.8 Å². The minimum absolute atomic E-state index is 0.00385. The first-order chi connectivity index (χ1) is 11.3.